The van der Waals surface area contributed by atoms with Crippen LogP contribution in [0.15, 0.2) is 12.1 Å². The summed E-state index contributed by atoms with van der Waals surface area (Å²) in [6, 6.07) is 5.13. The van der Waals surface area contributed by atoms with Crippen LogP contribution in [0.4, 0.5) is 0 Å². The van der Waals surface area contributed by atoms with Gasteiger partial charge in [-0.2, -0.15) is 0 Å². The normalized spacial score (nSPS) is 27.6. The molecular formula is C17H26N2O. The molecule has 1 aromatic heterocycles. The van der Waals surface area contributed by atoms with Gasteiger partial charge < -0.3 is 5.11 Å². The molecule has 3 nitrogen and oxygen atoms in total. The first-order valence-corrected chi connectivity index (χ1v) is 8.04. The fraction of sp³-hybridized carbons (Fsp3) is 0.706. The molecule has 2 heterocycles. The number of hydrogen-bond acceptors (Lipinski definition) is 3. The first-order valence-electron chi connectivity index (χ1n) is 8.04. The second-order valence-corrected chi connectivity index (χ2v) is 6.68. The third-order valence-corrected chi connectivity index (χ3v) is 4.87. The summed E-state index contributed by atoms with van der Waals surface area (Å²) in [6.45, 7) is 6.58. The monoisotopic (exact) mass is 274 g/mol. The fourth-order valence-electron chi connectivity index (χ4n) is 3.51. The average Bonchev–Trinajstić information content (AvgIpc) is 2.47. The van der Waals surface area contributed by atoms with E-state index in [0.29, 0.717) is 12.0 Å². The van der Waals surface area contributed by atoms with Gasteiger partial charge in [0.25, 0.3) is 0 Å². The van der Waals surface area contributed by atoms with Gasteiger partial charge in [-0.3, -0.25) is 9.88 Å². The van der Waals surface area contributed by atoms with Crippen LogP contribution in [-0.4, -0.2) is 33.7 Å². The third kappa shape index (κ3) is 2.89. The van der Waals surface area contributed by atoms with Crippen LogP contribution in [-0.2, 0) is 13.0 Å². The summed E-state index contributed by atoms with van der Waals surface area (Å²) in [6.07, 6.45) is 5.26. The molecule has 20 heavy (non-hydrogen) atoms. The van der Waals surface area contributed by atoms with Crippen molar-refractivity contribution in [2.75, 3.05) is 6.54 Å². The molecule has 1 aliphatic heterocycles. The molecule has 0 amide bonds. The van der Waals surface area contributed by atoms with Gasteiger partial charge in [0.1, 0.15) is 0 Å². The lowest BCUT2D eigenvalue weighted by atomic mass is 9.90. The summed E-state index contributed by atoms with van der Waals surface area (Å²) < 4.78 is 0. The molecule has 0 atom stereocenters. The van der Waals surface area contributed by atoms with Crippen LogP contribution in [0.1, 0.15) is 62.4 Å². The lowest BCUT2D eigenvalue weighted by Crippen LogP contribution is -2.42. The molecule has 2 aliphatic rings. The number of hydrogen-bond donors (Lipinski definition) is 1. The van der Waals surface area contributed by atoms with Crippen LogP contribution in [0, 0.1) is 0 Å². The number of fused-ring (bicyclic) bond motifs is 1. The van der Waals surface area contributed by atoms with E-state index in [4.69, 9.17) is 4.98 Å². The topological polar surface area (TPSA) is 36.4 Å². The molecule has 1 saturated carbocycles. The van der Waals surface area contributed by atoms with E-state index in [1.54, 1.807) is 0 Å². The Morgan fingerprint density at radius 3 is 2.65 bits per heavy atom. The Labute approximate surface area is 122 Å². The van der Waals surface area contributed by atoms with Gasteiger partial charge in [-0.05, 0) is 43.2 Å². The predicted molar refractivity (Wildman–Crippen MR) is 80.7 cm³/mol. The van der Waals surface area contributed by atoms with Gasteiger partial charge >= 0.3 is 0 Å². The molecule has 0 radical (unpaired) electrons. The highest BCUT2D eigenvalue weighted by atomic mass is 16.3. The molecule has 3 heteroatoms. The number of aliphatic hydroxyl groups is 1. The van der Waals surface area contributed by atoms with Gasteiger partial charge in [-0.15, -0.1) is 0 Å². The Morgan fingerprint density at radius 1 is 1.20 bits per heavy atom. The standard InChI is InChI=1S/C17H26N2O/c1-12(2)16-8-3-13-11-19(10-9-17(13)18-16)14-4-6-15(20)7-5-14/h3,8,12,14-15,20H,4-7,9-11H2,1-2H3/t14-,15+. The van der Waals surface area contributed by atoms with E-state index in [1.807, 2.05) is 0 Å². The molecule has 3 rings (SSSR count). The van der Waals surface area contributed by atoms with Crippen LogP contribution in [0.5, 0.6) is 0 Å². The molecule has 0 saturated heterocycles. The highest BCUT2D eigenvalue weighted by Crippen LogP contribution is 2.28. The molecule has 0 spiro atoms. The van der Waals surface area contributed by atoms with Crippen molar-refractivity contribution in [3.8, 4) is 0 Å². The van der Waals surface area contributed by atoms with Crippen LogP contribution in [0.25, 0.3) is 0 Å². The maximum atomic E-state index is 9.64. The van der Waals surface area contributed by atoms with Crippen LogP contribution < -0.4 is 0 Å². The molecule has 1 aliphatic carbocycles. The van der Waals surface area contributed by atoms with Gasteiger partial charge in [0.05, 0.1) is 6.10 Å². The van der Waals surface area contributed by atoms with Crippen molar-refractivity contribution >= 4 is 0 Å². The molecule has 1 aromatic rings. The maximum absolute atomic E-state index is 9.64. The Morgan fingerprint density at radius 2 is 1.95 bits per heavy atom. The van der Waals surface area contributed by atoms with Crippen LogP contribution in [0.3, 0.4) is 0 Å². The van der Waals surface area contributed by atoms with Crippen LogP contribution >= 0.6 is 0 Å². The molecule has 1 fully saturated rings. The lowest BCUT2D eigenvalue weighted by molar-refractivity contribution is 0.0674. The van der Waals surface area contributed by atoms with Crippen molar-refractivity contribution in [3.05, 3.63) is 29.1 Å². The Balaban J connectivity index is 1.69. The van der Waals surface area contributed by atoms with Crippen molar-refractivity contribution in [1.82, 2.24) is 9.88 Å². The summed E-state index contributed by atoms with van der Waals surface area (Å²) >= 11 is 0. The summed E-state index contributed by atoms with van der Waals surface area (Å²) in [5, 5.41) is 9.64. The van der Waals surface area contributed by atoms with Crippen molar-refractivity contribution < 1.29 is 5.11 Å². The molecular weight excluding hydrogens is 248 g/mol. The van der Waals surface area contributed by atoms with E-state index in [2.05, 4.69) is 30.9 Å². The van der Waals surface area contributed by atoms with E-state index >= 15 is 0 Å². The second-order valence-electron chi connectivity index (χ2n) is 6.68. The quantitative estimate of drug-likeness (QED) is 0.901. The lowest BCUT2D eigenvalue weighted by Gasteiger charge is -2.38. The largest absolute Gasteiger partial charge is 0.393 e. The van der Waals surface area contributed by atoms with Crippen molar-refractivity contribution in [2.45, 2.75) is 70.6 Å². The van der Waals surface area contributed by atoms with Crippen molar-refractivity contribution in [2.24, 2.45) is 0 Å². The van der Waals surface area contributed by atoms with Crippen molar-refractivity contribution in [1.29, 1.82) is 0 Å². The zero-order valence-electron chi connectivity index (χ0n) is 12.7. The number of aliphatic hydroxyl groups excluding tert-OH is 1. The third-order valence-electron chi connectivity index (χ3n) is 4.87. The fourth-order valence-corrected chi connectivity index (χ4v) is 3.51. The molecule has 0 unspecified atom stereocenters. The number of aromatic nitrogens is 1. The summed E-state index contributed by atoms with van der Waals surface area (Å²) in [7, 11) is 0. The SMILES string of the molecule is CC(C)c1ccc2c(n1)CCN([C@H]1CC[C@@H](O)CC1)C2. The van der Waals surface area contributed by atoms with E-state index < -0.39 is 0 Å². The van der Waals surface area contributed by atoms with Gasteiger partial charge in [-0.1, -0.05) is 19.9 Å². The van der Waals surface area contributed by atoms with E-state index in [9.17, 15) is 5.11 Å². The zero-order valence-corrected chi connectivity index (χ0v) is 12.7. The van der Waals surface area contributed by atoms with Crippen LogP contribution in [0.2, 0.25) is 0 Å². The number of rotatable bonds is 2. The van der Waals surface area contributed by atoms with E-state index in [0.717, 1.165) is 45.2 Å². The minimum Gasteiger partial charge on any atom is -0.393 e. The average molecular weight is 274 g/mol. The van der Waals surface area contributed by atoms with Gasteiger partial charge in [-0.25, -0.2) is 0 Å². The number of pyridine rings is 1. The zero-order chi connectivity index (χ0) is 14.1. The first kappa shape index (κ1) is 14.0. The summed E-state index contributed by atoms with van der Waals surface area (Å²) in [5.74, 6) is 0.512. The Kier molecular flexibility index (Phi) is 4.08. The van der Waals surface area contributed by atoms with Gasteiger partial charge in [0, 0.05) is 36.9 Å². The smallest absolute Gasteiger partial charge is 0.0541 e. The highest BCUT2D eigenvalue weighted by Gasteiger charge is 2.28. The maximum Gasteiger partial charge on any atom is 0.0541 e. The molecule has 0 bridgehead atoms. The summed E-state index contributed by atoms with van der Waals surface area (Å²) in [5.41, 5.74) is 3.94. The highest BCUT2D eigenvalue weighted by molar-refractivity contribution is 5.26. The summed E-state index contributed by atoms with van der Waals surface area (Å²) in [4.78, 5) is 7.44. The second kappa shape index (κ2) is 5.82. The Hall–Kier alpha value is -0.930. The minimum atomic E-state index is -0.0569. The minimum absolute atomic E-state index is 0.0569. The van der Waals surface area contributed by atoms with E-state index in [-0.39, 0.29) is 6.10 Å². The molecule has 1 N–H and O–H groups in total. The molecule has 110 valence electrons. The molecule has 0 aromatic carbocycles. The first-order chi connectivity index (χ1) is 9.63. The Bertz CT molecular complexity index is 464. The van der Waals surface area contributed by atoms with Crippen molar-refractivity contribution in [3.63, 3.8) is 0 Å². The van der Waals surface area contributed by atoms with Gasteiger partial charge in [0.2, 0.25) is 0 Å². The van der Waals surface area contributed by atoms with Gasteiger partial charge in [0.15, 0.2) is 0 Å². The number of nitrogens with zero attached hydrogens (tertiary/aromatic N) is 2. The van der Waals surface area contributed by atoms with E-state index in [1.165, 1.54) is 17.0 Å². The predicted octanol–water partition coefficient (Wildman–Crippen LogP) is 2.87.